The smallest absolute Gasteiger partial charge is 0.196 e. The number of benzene rings is 1. The first-order valence-electron chi connectivity index (χ1n) is 7.19. The lowest BCUT2D eigenvalue weighted by Crippen LogP contribution is -2.04. The molecule has 0 bridgehead atoms. The fourth-order valence-corrected chi connectivity index (χ4v) is 3.35. The van der Waals surface area contributed by atoms with Gasteiger partial charge in [0.05, 0.1) is 0 Å². The number of rotatable bonds is 3. The zero-order valence-electron chi connectivity index (χ0n) is 11.7. The molecule has 1 aliphatic heterocycles. The zero-order valence-corrected chi connectivity index (χ0v) is 12.6. The molecule has 2 heterocycles. The summed E-state index contributed by atoms with van der Waals surface area (Å²) in [7, 11) is 0. The number of fused-ring (bicyclic) bond motifs is 1. The predicted octanol–water partition coefficient (Wildman–Crippen LogP) is 3.18. The molecule has 4 nitrogen and oxygen atoms in total. The summed E-state index contributed by atoms with van der Waals surface area (Å²) < 4.78 is 2.27. The molecule has 0 unspecified atom stereocenters. The van der Waals surface area contributed by atoms with Gasteiger partial charge in [-0.1, -0.05) is 18.6 Å². The quantitative estimate of drug-likeness (QED) is 0.942. The number of aromatic nitrogens is 3. The Bertz CT molecular complexity index is 574. The minimum atomic E-state index is 0.0819. The third-order valence-electron chi connectivity index (χ3n) is 3.69. The van der Waals surface area contributed by atoms with Crippen molar-refractivity contribution in [2.24, 2.45) is 5.73 Å². The van der Waals surface area contributed by atoms with E-state index in [1.807, 2.05) is 6.92 Å². The Hall–Kier alpha value is -1.33. The summed E-state index contributed by atoms with van der Waals surface area (Å²) in [6.45, 7) is 3.04. The second-order valence-corrected chi connectivity index (χ2v) is 6.36. The third kappa shape index (κ3) is 2.88. The van der Waals surface area contributed by atoms with Crippen LogP contribution in [0.1, 0.15) is 43.6 Å². The van der Waals surface area contributed by atoms with Crippen LogP contribution in [-0.2, 0) is 13.0 Å². The molecule has 5 heteroatoms. The molecule has 2 N–H and O–H groups in total. The summed E-state index contributed by atoms with van der Waals surface area (Å²) in [5.41, 5.74) is 7.04. The Balaban J connectivity index is 1.79. The van der Waals surface area contributed by atoms with Crippen LogP contribution in [0.5, 0.6) is 0 Å². The number of nitrogens with zero attached hydrogens (tertiary/aromatic N) is 3. The molecule has 0 spiro atoms. The number of nitrogens with two attached hydrogens (primary N) is 1. The highest BCUT2D eigenvalue weighted by Crippen LogP contribution is 2.29. The predicted molar refractivity (Wildman–Crippen MR) is 80.7 cm³/mol. The Morgan fingerprint density at radius 1 is 1.15 bits per heavy atom. The molecule has 2 aromatic rings. The van der Waals surface area contributed by atoms with E-state index in [2.05, 4.69) is 39.0 Å². The molecule has 0 aliphatic carbocycles. The average Bonchev–Trinajstić information content (AvgIpc) is 2.69. The van der Waals surface area contributed by atoms with Gasteiger partial charge in [0.2, 0.25) is 0 Å². The van der Waals surface area contributed by atoms with E-state index < -0.39 is 0 Å². The summed E-state index contributed by atoms with van der Waals surface area (Å²) >= 11 is 1.69. The van der Waals surface area contributed by atoms with Crippen LogP contribution in [-0.4, -0.2) is 14.8 Å². The van der Waals surface area contributed by atoms with E-state index in [9.17, 15) is 0 Å². The highest BCUT2D eigenvalue weighted by molar-refractivity contribution is 7.99. The molecule has 0 fully saturated rings. The molecule has 20 heavy (non-hydrogen) atoms. The maximum Gasteiger partial charge on any atom is 0.196 e. The van der Waals surface area contributed by atoms with Crippen LogP contribution in [0.3, 0.4) is 0 Å². The molecular weight excluding hydrogens is 268 g/mol. The Labute approximate surface area is 123 Å². The summed E-state index contributed by atoms with van der Waals surface area (Å²) in [5, 5.41) is 9.68. The molecular formula is C15H20N4S. The van der Waals surface area contributed by atoms with Gasteiger partial charge in [-0.05, 0) is 49.2 Å². The van der Waals surface area contributed by atoms with Crippen molar-refractivity contribution in [3.8, 4) is 0 Å². The van der Waals surface area contributed by atoms with Crippen LogP contribution in [0.2, 0.25) is 0 Å². The van der Waals surface area contributed by atoms with Crippen molar-refractivity contribution in [3.63, 3.8) is 0 Å². The van der Waals surface area contributed by atoms with Gasteiger partial charge in [0.15, 0.2) is 5.16 Å². The van der Waals surface area contributed by atoms with Crippen molar-refractivity contribution < 1.29 is 0 Å². The monoisotopic (exact) mass is 288 g/mol. The second-order valence-electron chi connectivity index (χ2n) is 5.32. The first kappa shape index (κ1) is 13.6. The molecule has 106 valence electrons. The van der Waals surface area contributed by atoms with E-state index in [0.29, 0.717) is 0 Å². The molecule has 0 amide bonds. The molecule has 3 rings (SSSR count). The topological polar surface area (TPSA) is 56.7 Å². The van der Waals surface area contributed by atoms with Crippen molar-refractivity contribution in [2.45, 2.75) is 55.2 Å². The maximum absolute atomic E-state index is 5.88. The molecule has 1 aromatic heterocycles. The van der Waals surface area contributed by atoms with E-state index in [0.717, 1.165) is 29.5 Å². The van der Waals surface area contributed by atoms with E-state index in [1.165, 1.54) is 24.2 Å². The zero-order chi connectivity index (χ0) is 13.9. The molecule has 1 aliphatic rings. The van der Waals surface area contributed by atoms with Gasteiger partial charge in [-0.3, -0.25) is 0 Å². The normalized spacial score (nSPS) is 16.5. The Morgan fingerprint density at radius 3 is 2.70 bits per heavy atom. The third-order valence-corrected chi connectivity index (χ3v) is 4.68. The molecule has 1 atom stereocenters. The van der Waals surface area contributed by atoms with Crippen LogP contribution in [0.25, 0.3) is 0 Å². The van der Waals surface area contributed by atoms with E-state index in [4.69, 9.17) is 5.73 Å². The molecule has 0 saturated carbocycles. The number of hydrogen-bond donors (Lipinski definition) is 1. The van der Waals surface area contributed by atoms with Crippen molar-refractivity contribution >= 4 is 11.8 Å². The first-order valence-corrected chi connectivity index (χ1v) is 8.01. The van der Waals surface area contributed by atoms with Gasteiger partial charge < -0.3 is 10.3 Å². The minimum Gasteiger partial charge on any atom is -0.324 e. The van der Waals surface area contributed by atoms with E-state index in [1.54, 1.807) is 11.8 Å². The molecule has 1 aromatic carbocycles. The first-order chi connectivity index (χ1) is 9.74. The van der Waals surface area contributed by atoms with Crippen molar-refractivity contribution in [1.29, 1.82) is 0 Å². The number of hydrogen-bond acceptors (Lipinski definition) is 4. The van der Waals surface area contributed by atoms with Crippen molar-refractivity contribution in [3.05, 3.63) is 35.7 Å². The van der Waals surface area contributed by atoms with Gasteiger partial charge in [0.25, 0.3) is 0 Å². The van der Waals surface area contributed by atoms with Crippen molar-refractivity contribution in [2.75, 3.05) is 0 Å². The molecule has 0 radical (unpaired) electrons. The summed E-state index contributed by atoms with van der Waals surface area (Å²) in [4.78, 5) is 1.19. The van der Waals surface area contributed by atoms with Crippen LogP contribution in [0, 0.1) is 0 Å². The van der Waals surface area contributed by atoms with Crippen molar-refractivity contribution in [1.82, 2.24) is 14.8 Å². The molecule has 0 saturated heterocycles. The SMILES string of the molecule is C[C@@H](N)c1ccc(Sc2nnc3n2CCCCC3)cc1. The average molecular weight is 288 g/mol. The van der Waals surface area contributed by atoms with Crippen LogP contribution < -0.4 is 5.73 Å². The summed E-state index contributed by atoms with van der Waals surface area (Å²) in [6, 6.07) is 8.49. The lowest BCUT2D eigenvalue weighted by atomic mass is 10.1. The largest absolute Gasteiger partial charge is 0.324 e. The lowest BCUT2D eigenvalue weighted by Gasteiger charge is -2.08. The van der Waals surface area contributed by atoms with Gasteiger partial charge in [0.1, 0.15) is 5.82 Å². The number of aryl methyl sites for hydroxylation is 1. The van der Waals surface area contributed by atoms with Gasteiger partial charge in [0, 0.05) is 23.9 Å². The van der Waals surface area contributed by atoms with E-state index in [-0.39, 0.29) is 6.04 Å². The lowest BCUT2D eigenvalue weighted by molar-refractivity contribution is 0.591. The van der Waals surface area contributed by atoms with Crippen LogP contribution in [0.4, 0.5) is 0 Å². The van der Waals surface area contributed by atoms with Gasteiger partial charge in [-0.2, -0.15) is 0 Å². The highest BCUT2D eigenvalue weighted by atomic mass is 32.2. The second kappa shape index (κ2) is 5.97. The van der Waals surface area contributed by atoms with E-state index >= 15 is 0 Å². The Morgan fingerprint density at radius 2 is 1.95 bits per heavy atom. The van der Waals surface area contributed by atoms with Crippen LogP contribution >= 0.6 is 11.8 Å². The summed E-state index contributed by atoms with van der Waals surface area (Å²) in [6.07, 6.45) is 4.79. The minimum absolute atomic E-state index is 0.0819. The highest BCUT2D eigenvalue weighted by Gasteiger charge is 2.15. The van der Waals surface area contributed by atoms with Gasteiger partial charge >= 0.3 is 0 Å². The van der Waals surface area contributed by atoms with Gasteiger partial charge in [-0.15, -0.1) is 10.2 Å². The fourth-order valence-electron chi connectivity index (χ4n) is 2.48. The summed E-state index contributed by atoms with van der Waals surface area (Å²) in [5.74, 6) is 1.14. The fraction of sp³-hybridized carbons (Fsp3) is 0.467. The standard InChI is InChI=1S/C15H20N4S/c1-11(16)12-6-8-13(9-7-12)20-15-18-17-14-5-3-2-4-10-19(14)15/h6-9,11H,2-5,10,16H2,1H3/t11-/m1/s1. The maximum atomic E-state index is 5.88. The van der Waals surface area contributed by atoms with Crippen LogP contribution in [0.15, 0.2) is 34.3 Å². The Kier molecular flexibility index (Phi) is 4.08. The van der Waals surface area contributed by atoms with Gasteiger partial charge in [-0.25, -0.2) is 0 Å².